The Balaban J connectivity index is 1.65. The molecule has 0 radical (unpaired) electrons. The van der Waals surface area contributed by atoms with Gasteiger partial charge in [0.1, 0.15) is 6.61 Å². The van der Waals surface area contributed by atoms with Gasteiger partial charge in [-0.3, -0.25) is 4.79 Å². The molecule has 3 atom stereocenters. The minimum atomic E-state index is -0.345. The predicted octanol–water partition coefficient (Wildman–Crippen LogP) is 2.09. The smallest absolute Gasteiger partial charge is 0.410 e. The number of carbonyl (C=O) groups excluding carboxylic acids is 2. The normalized spacial score (nSPS) is 26.5. The standard InChI is InChI=1S/C17H20N2O3/c1-2-6-13-15-14(18-16(13)20)9-10-19(15)17(21)22-11-12-7-4-3-5-8-12/h2-5,7-8,13-15H,1,6,9-11H2,(H,18,20)/t13-,14+,15-/m1/s1. The average molecular weight is 300 g/mol. The molecule has 2 heterocycles. The molecule has 22 heavy (non-hydrogen) atoms. The summed E-state index contributed by atoms with van der Waals surface area (Å²) >= 11 is 0. The first-order valence-corrected chi connectivity index (χ1v) is 7.59. The third-order valence-corrected chi connectivity index (χ3v) is 4.39. The van der Waals surface area contributed by atoms with Crippen molar-refractivity contribution in [1.82, 2.24) is 10.2 Å². The first kappa shape index (κ1) is 14.6. The van der Waals surface area contributed by atoms with Crippen molar-refractivity contribution in [2.45, 2.75) is 31.5 Å². The predicted molar refractivity (Wildman–Crippen MR) is 82.0 cm³/mol. The summed E-state index contributed by atoms with van der Waals surface area (Å²) in [6, 6.07) is 9.51. The van der Waals surface area contributed by atoms with Crippen LogP contribution in [0.4, 0.5) is 4.79 Å². The van der Waals surface area contributed by atoms with E-state index in [0.29, 0.717) is 13.0 Å². The summed E-state index contributed by atoms with van der Waals surface area (Å²) in [5.74, 6) is -0.204. The van der Waals surface area contributed by atoms with Crippen molar-refractivity contribution < 1.29 is 14.3 Å². The van der Waals surface area contributed by atoms with Gasteiger partial charge in [-0.15, -0.1) is 6.58 Å². The molecular formula is C17H20N2O3. The summed E-state index contributed by atoms with van der Waals surface area (Å²) in [5.41, 5.74) is 0.954. The lowest BCUT2D eigenvalue weighted by Crippen LogP contribution is -2.42. The molecule has 2 amide bonds. The number of hydrogen-bond donors (Lipinski definition) is 1. The van der Waals surface area contributed by atoms with Crippen molar-refractivity contribution in [2.75, 3.05) is 6.54 Å². The van der Waals surface area contributed by atoms with Crippen LogP contribution in [0.1, 0.15) is 18.4 Å². The third-order valence-electron chi connectivity index (χ3n) is 4.39. The topological polar surface area (TPSA) is 58.6 Å². The van der Waals surface area contributed by atoms with Gasteiger partial charge in [0, 0.05) is 6.54 Å². The van der Waals surface area contributed by atoms with Crippen molar-refractivity contribution in [1.29, 1.82) is 0 Å². The second kappa shape index (κ2) is 6.22. The number of nitrogens with one attached hydrogen (secondary N) is 1. The Morgan fingerprint density at radius 3 is 2.91 bits per heavy atom. The highest BCUT2D eigenvalue weighted by molar-refractivity contribution is 5.84. The number of likely N-dealkylation sites (tertiary alicyclic amines) is 1. The Labute approximate surface area is 129 Å². The number of amides is 2. The molecule has 0 bridgehead atoms. The lowest BCUT2D eigenvalue weighted by atomic mass is 9.96. The van der Waals surface area contributed by atoms with Crippen LogP contribution in [0.3, 0.4) is 0 Å². The maximum absolute atomic E-state index is 12.4. The fourth-order valence-corrected chi connectivity index (χ4v) is 3.36. The van der Waals surface area contributed by atoms with Gasteiger partial charge < -0.3 is 15.0 Å². The molecule has 0 saturated carbocycles. The molecule has 0 aliphatic carbocycles. The second-order valence-electron chi connectivity index (χ2n) is 5.76. The Kier molecular flexibility index (Phi) is 4.13. The van der Waals surface area contributed by atoms with E-state index < -0.39 is 0 Å². The molecule has 0 unspecified atom stereocenters. The minimum Gasteiger partial charge on any atom is -0.445 e. The minimum absolute atomic E-state index is 0.00968. The molecule has 2 aliphatic heterocycles. The molecule has 2 saturated heterocycles. The first-order chi connectivity index (χ1) is 10.7. The summed E-state index contributed by atoms with van der Waals surface area (Å²) in [5, 5.41) is 2.97. The van der Waals surface area contributed by atoms with E-state index in [0.717, 1.165) is 12.0 Å². The van der Waals surface area contributed by atoms with Crippen LogP contribution in [-0.2, 0) is 16.1 Å². The van der Waals surface area contributed by atoms with Gasteiger partial charge in [0.25, 0.3) is 0 Å². The maximum Gasteiger partial charge on any atom is 0.410 e. The van der Waals surface area contributed by atoms with Crippen LogP contribution in [0.5, 0.6) is 0 Å². The maximum atomic E-state index is 12.4. The van der Waals surface area contributed by atoms with Crippen molar-refractivity contribution >= 4 is 12.0 Å². The van der Waals surface area contributed by atoms with Crippen LogP contribution >= 0.6 is 0 Å². The third kappa shape index (κ3) is 2.71. The molecular weight excluding hydrogens is 280 g/mol. The highest BCUT2D eigenvalue weighted by Gasteiger charge is 2.50. The number of allylic oxidation sites excluding steroid dienone is 1. The molecule has 116 valence electrons. The van der Waals surface area contributed by atoms with E-state index in [2.05, 4.69) is 11.9 Å². The summed E-state index contributed by atoms with van der Waals surface area (Å²) < 4.78 is 5.40. The average Bonchev–Trinajstić information content (AvgIpc) is 3.06. The quantitative estimate of drug-likeness (QED) is 0.866. The Morgan fingerprint density at radius 2 is 2.18 bits per heavy atom. The summed E-state index contributed by atoms with van der Waals surface area (Å²) in [7, 11) is 0. The van der Waals surface area contributed by atoms with E-state index in [9.17, 15) is 9.59 Å². The number of fused-ring (bicyclic) bond motifs is 1. The molecule has 2 aliphatic rings. The number of benzene rings is 1. The van der Waals surface area contributed by atoms with Gasteiger partial charge >= 0.3 is 6.09 Å². The number of nitrogens with zero attached hydrogens (tertiary/aromatic N) is 1. The Morgan fingerprint density at radius 1 is 1.41 bits per heavy atom. The zero-order chi connectivity index (χ0) is 15.5. The monoisotopic (exact) mass is 300 g/mol. The van der Waals surface area contributed by atoms with Crippen molar-refractivity contribution in [2.24, 2.45) is 5.92 Å². The van der Waals surface area contributed by atoms with Gasteiger partial charge in [-0.05, 0) is 18.4 Å². The fourth-order valence-electron chi connectivity index (χ4n) is 3.36. The lowest BCUT2D eigenvalue weighted by Gasteiger charge is -2.26. The molecule has 1 aromatic carbocycles. The largest absolute Gasteiger partial charge is 0.445 e. The van der Waals surface area contributed by atoms with Crippen LogP contribution in [0.15, 0.2) is 43.0 Å². The summed E-state index contributed by atoms with van der Waals surface area (Å²) in [4.78, 5) is 26.0. The molecule has 0 aromatic heterocycles. The summed E-state index contributed by atoms with van der Waals surface area (Å²) in [6.45, 7) is 4.58. The van der Waals surface area contributed by atoms with Gasteiger partial charge in [0.2, 0.25) is 5.91 Å². The van der Waals surface area contributed by atoms with E-state index in [1.807, 2.05) is 30.3 Å². The molecule has 2 fully saturated rings. The van der Waals surface area contributed by atoms with Crippen LogP contribution in [0, 0.1) is 5.92 Å². The second-order valence-corrected chi connectivity index (χ2v) is 5.76. The van der Waals surface area contributed by atoms with E-state index in [1.54, 1.807) is 11.0 Å². The first-order valence-electron chi connectivity index (χ1n) is 7.59. The highest BCUT2D eigenvalue weighted by Crippen LogP contribution is 2.32. The number of carbonyl (C=O) groups is 2. The zero-order valence-corrected chi connectivity index (χ0v) is 12.4. The molecule has 3 rings (SSSR count). The van der Waals surface area contributed by atoms with Crippen LogP contribution in [-0.4, -0.2) is 35.5 Å². The highest BCUT2D eigenvalue weighted by atomic mass is 16.6. The molecule has 1 N–H and O–H groups in total. The number of ether oxygens (including phenoxy) is 1. The number of rotatable bonds is 4. The SMILES string of the molecule is C=CC[C@H]1C(=O)N[C@H]2CCN(C(=O)OCc3ccccc3)[C@@H]21. The van der Waals surface area contributed by atoms with Gasteiger partial charge in [0.15, 0.2) is 0 Å². The summed E-state index contributed by atoms with van der Waals surface area (Å²) in [6.07, 6.45) is 2.75. The van der Waals surface area contributed by atoms with E-state index >= 15 is 0 Å². The molecule has 0 spiro atoms. The number of hydrogen-bond acceptors (Lipinski definition) is 3. The van der Waals surface area contributed by atoms with E-state index in [4.69, 9.17) is 4.74 Å². The van der Waals surface area contributed by atoms with Crippen LogP contribution < -0.4 is 5.32 Å². The van der Waals surface area contributed by atoms with E-state index in [-0.39, 0.29) is 36.6 Å². The van der Waals surface area contributed by atoms with Gasteiger partial charge in [-0.1, -0.05) is 36.4 Å². The fraction of sp³-hybridized carbons (Fsp3) is 0.412. The van der Waals surface area contributed by atoms with Gasteiger partial charge in [-0.25, -0.2) is 4.79 Å². The van der Waals surface area contributed by atoms with E-state index in [1.165, 1.54) is 0 Å². The molecule has 1 aromatic rings. The van der Waals surface area contributed by atoms with Crippen LogP contribution in [0.25, 0.3) is 0 Å². The van der Waals surface area contributed by atoms with Crippen molar-refractivity contribution in [3.63, 3.8) is 0 Å². The van der Waals surface area contributed by atoms with Gasteiger partial charge in [0.05, 0.1) is 18.0 Å². The zero-order valence-electron chi connectivity index (χ0n) is 12.4. The molecule has 5 heteroatoms. The van der Waals surface area contributed by atoms with Crippen molar-refractivity contribution in [3.05, 3.63) is 48.6 Å². The Bertz CT molecular complexity index is 573. The lowest BCUT2D eigenvalue weighted by molar-refractivity contribution is -0.123. The van der Waals surface area contributed by atoms with Crippen molar-refractivity contribution in [3.8, 4) is 0 Å². The molecule has 5 nitrogen and oxygen atoms in total. The van der Waals surface area contributed by atoms with Crippen LogP contribution in [0.2, 0.25) is 0 Å². The van der Waals surface area contributed by atoms with Gasteiger partial charge in [-0.2, -0.15) is 0 Å². The Hall–Kier alpha value is -2.30.